The summed E-state index contributed by atoms with van der Waals surface area (Å²) in [6, 6.07) is 8.97. The third-order valence-corrected chi connectivity index (χ3v) is 4.13. The Balaban J connectivity index is 2.60. The number of nitrogens with one attached hydrogen (secondary N) is 1. The van der Waals surface area contributed by atoms with E-state index in [-0.39, 0.29) is 0 Å². The zero-order chi connectivity index (χ0) is 13.9. The average molecular weight is 281 g/mol. The van der Waals surface area contributed by atoms with Crippen LogP contribution in [0.5, 0.6) is 5.75 Å². The van der Waals surface area contributed by atoms with Crippen LogP contribution in [0.25, 0.3) is 0 Å². The molecule has 2 nitrogen and oxygen atoms in total. The van der Waals surface area contributed by atoms with Gasteiger partial charge in [0.1, 0.15) is 5.75 Å². The van der Waals surface area contributed by atoms with Crippen molar-refractivity contribution in [1.29, 1.82) is 0 Å². The quantitative estimate of drug-likeness (QED) is 0.647. The Morgan fingerprint density at radius 3 is 2.42 bits per heavy atom. The highest BCUT2D eigenvalue weighted by molar-refractivity contribution is 7.99. The van der Waals surface area contributed by atoms with Crippen LogP contribution >= 0.6 is 11.8 Å². The van der Waals surface area contributed by atoms with Crippen LogP contribution in [0.1, 0.15) is 45.2 Å². The second-order valence-electron chi connectivity index (χ2n) is 4.58. The monoisotopic (exact) mass is 281 g/mol. The van der Waals surface area contributed by atoms with E-state index in [1.54, 1.807) is 0 Å². The van der Waals surface area contributed by atoms with E-state index in [2.05, 4.69) is 43.4 Å². The van der Waals surface area contributed by atoms with Crippen LogP contribution in [0, 0.1) is 0 Å². The number of hydrogen-bond donors (Lipinski definition) is 1. The minimum atomic E-state index is 0.451. The molecule has 0 radical (unpaired) electrons. The van der Waals surface area contributed by atoms with Gasteiger partial charge in [-0.2, -0.15) is 11.8 Å². The van der Waals surface area contributed by atoms with Gasteiger partial charge in [0.25, 0.3) is 0 Å². The van der Waals surface area contributed by atoms with E-state index in [0.29, 0.717) is 6.04 Å². The molecule has 0 aromatic heterocycles. The van der Waals surface area contributed by atoms with E-state index in [4.69, 9.17) is 4.74 Å². The summed E-state index contributed by atoms with van der Waals surface area (Å²) < 4.78 is 5.49. The summed E-state index contributed by atoms with van der Waals surface area (Å²) in [6.07, 6.45) is 2.42. The molecular formula is C16H27NOS. The summed E-state index contributed by atoms with van der Waals surface area (Å²) in [5.74, 6) is 3.34. The molecule has 1 unspecified atom stereocenters. The van der Waals surface area contributed by atoms with Crippen molar-refractivity contribution in [2.24, 2.45) is 0 Å². The van der Waals surface area contributed by atoms with Crippen LogP contribution in [0.3, 0.4) is 0 Å². The number of benzene rings is 1. The summed E-state index contributed by atoms with van der Waals surface area (Å²) in [5.41, 5.74) is 1.36. The minimum absolute atomic E-state index is 0.451. The van der Waals surface area contributed by atoms with Crippen LogP contribution in [0.4, 0.5) is 0 Å². The molecular weight excluding hydrogens is 254 g/mol. The first-order chi connectivity index (χ1) is 9.31. The van der Waals surface area contributed by atoms with Gasteiger partial charge in [0.2, 0.25) is 0 Å². The van der Waals surface area contributed by atoms with Crippen molar-refractivity contribution in [3.8, 4) is 5.75 Å². The van der Waals surface area contributed by atoms with E-state index in [1.165, 1.54) is 24.2 Å². The molecule has 1 aromatic carbocycles. The molecule has 0 aliphatic rings. The summed E-state index contributed by atoms with van der Waals surface area (Å²) in [4.78, 5) is 0. The molecule has 1 aromatic rings. The molecule has 0 aliphatic carbocycles. The Bertz CT molecular complexity index is 326. The van der Waals surface area contributed by atoms with Crippen molar-refractivity contribution >= 4 is 11.8 Å². The SMILES string of the molecule is CCCNC(CSCCC)c1ccc(OCC)cc1. The van der Waals surface area contributed by atoms with Crippen LogP contribution in [0.2, 0.25) is 0 Å². The Labute approximate surface area is 122 Å². The van der Waals surface area contributed by atoms with Gasteiger partial charge in [-0.05, 0) is 49.8 Å². The van der Waals surface area contributed by atoms with Crippen LogP contribution in [-0.2, 0) is 0 Å². The lowest BCUT2D eigenvalue weighted by Crippen LogP contribution is -2.24. The van der Waals surface area contributed by atoms with Crippen LogP contribution < -0.4 is 10.1 Å². The highest BCUT2D eigenvalue weighted by Gasteiger charge is 2.10. The van der Waals surface area contributed by atoms with Gasteiger partial charge in [0.15, 0.2) is 0 Å². The van der Waals surface area contributed by atoms with Gasteiger partial charge in [-0.15, -0.1) is 0 Å². The Hall–Kier alpha value is -0.670. The molecule has 0 saturated heterocycles. The maximum absolute atomic E-state index is 5.49. The topological polar surface area (TPSA) is 21.3 Å². The predicted molar refractivity (Wildman–Crippen MR) is 86.3 cm³/mol. The predicted octanol–water partition coefficient (Wildman–Crippen LogP) is 4.27. The smallest absolute Gasteiger partial charge is 0.119 e. The maximum Gasteiger partial charge on any atom is 0.119 e. The third-order valence-electron chi connectivity index (χ3n) is 2.87. The molecule has 0 spiro atoms. The van der Waals surface area contributed by atoms with E-state index in [1.807, 2.05) is 18.7 Å². The van der Waals surface area contributed by atoms with Gasteiger partial charge in [0.05, 0.1) is 6.61 Å². The molecule has 0 aliphatic heterocycles. The number of rotatable bonds is 10. The second kappa shape index (κ2) is 10.2. The van der Waals surface area contributed by atoms with Crippen molar-refractivity contribution < 1.29 is 4.74 Å². The van der Waals surface area contributed by atoms with E-state index in [9.17, 15) is 0 Å². The fourth-order valence-corrected chi connectivity index (χ4v) is 2.90. The maximum atomic E-state index is 5.49. The second-order valence-corrected chi connectivity index (χ2v) is 5.73. The number of hydrogen-bond acceptors (Lipinski definition) is 3. The van der Waals surface area contributed by atoms with Gasteiger partial charge in [-0.1, -0.05) is 26.0 Å². The van der Waals surface area contributed by atoms with E-state index >= 15 is 0 Å². The molecule has 19 heavy (non-hydrogen) atoms. The van der Waals surface area contributed by atoms with Gasteiger partial charge >= 0.3 is 0 Å². The molecule has 1 N–H and O–H groups in total. The molecule has 1 atom stereocenters. The fraction of sp³-hybridized carbons (Fsp3) is 0.625. The molecule has 3 heteroatoms. The summed E-state index contributed by atoms with van der Waals surface area (Å²) in [7, 11) is 0. The van der Waals surface area contributed by atoms with Crippen LogP contribution in [-0.4, -0.2) is 24.7 Å². The van der Waals surface area contributed by atoms with E-state index < -0.39 is 0 Å². The van der Waals surface area contributed by atoms with Gasteiger partial charge < -0.3 is 10.1 Å². The normalized spacial score (nSPS) is 12.4. The average Bonchev–Trinajstić information content (AvgIpc) is 2.44. The fourth-order valence-electron chi connectivity index (χ4n) is 1.90. The first-order valence-corrected chi connectivity index (χ1v) is 8.51. The van der Waals surface area contributed by atoms with Crippen molar-refractivity contribution in [3.05, 3.63) is 29.8 Å². The first kappa shape index (κ1) is 16.4. The lowest BCUT2D eigenvalue weighted by molar-refractivity contribution is 0.340. The van der Waals surface area contributed by atoms with Crippen molar-refractivity contribution in [2.45, 2.75) is 39.7 Å². The molecule has 0 fully saturated rings. The number of thioether (sulfide) groups is 1. The standard InChI is InChI=1S/C16H27NOS/c1-4-11-17-16(13-19-12-5-2)14-7-9-15(10-8-14)18-6-3/h7-10,16-17H,4-6,11-13H2,1-3H3. The number of ether oxygens (including phenoxy) is 1. The van der Waals surface area contributed by atoms with Crippen molar-refractivity contribution in [2.75, 3.05) is 24.7 Å². The van der Waals surface area contributed by atoms with Gasteiger partial charge in [-0.25, -0.2) is 0 Å². The lowest BCUT2D eigenvalue weighted by atomic mass is 10.1. The van der Waals surface area contributed by atoms with Crippen molar-refractivity contribution in [3.63, 3.8) is 0 Å². The summed E-state index contributed by atoms with van der Waals surface area (Å²) in [5, 5.41) is 3.63. The molecule has 0 amide bonds. The molecule has 0 heterocycles. The molecule has 1 rings (SSSR count). The first-order valence-electron chi connectivity index (χ1n) is 7.35. The molecule has 108 valence electrons. The lowest BCUT2D eigenvalue weighted by Gasteiger charge is -2.19. The highest BCUT2D eigenvalue weighted by Crippen LogP contribution is 2.21. The molecule has 0 bridgehead atoms. The summed E-state index contributed by atoms with van der Waals surface area (Å²) >= 11 is 2.03. The Morgan fingerprint density at radius 1 is 1.11 bits per heavy atom. The van der Waals surface area contributed by atoms with Crippen molar-refractivity contribution in [1.82, 2.24) is 5.32 Å². The van der Waals surface area contributed by atoms with Crippen LogP contribution in [0.15, 0.2) is 24.3 Å². The Morgan fingerprint density at radius 2 is 1.84 bits per heavy atom. The zero-order valence-corrected chi connectivity index (χ0v) is 13.3. The Kier molecular flexibility index (Phi) is 8.76. The highest BCUT2D eigenvalue weighted by atomic mass is 32.2. The van der Waals surface area contributed by atoms with Gasteiger partial charge in [0, 0.05) is 11.8 Å². The summed E-state index contributed by atoms with van der Waals surface area (Å²) in [6.45, 7) is 8.26. The third kappa shape index (κ3) is 6.35. The van der Waals surface area contributed by atoms with Gasteiger partial charge in [-0.3, -0.25) is 0 Å². The zero-order valence-electron chi connectivity index (χ0n) is 12.4. The minimum Gasteiger partial charge on any atom is -0.494 e. The van der Waals surface area contributed by atoms with E-state index in [0.717, 1.165) is 24.7 Å². The molecule has 0 saturated carbocycles. The largest absolute Gasteiger partial charge is 0.494 e.